The summed E-state index contributed by atoms with van der Waals surface area (Å²) in [6.07, 6.45) is 1.60. The number of halogens is 1. The number of benzene rings is 1. The Morgan fingerprint density at radius 3 is 2.78 bits per heavy atom. The Kier molecular flexibility index (Phi) is 2.64. The fourth-order valence-electron chi connectivity index (χ4n) is 1.97. The molecule has 18 heavy (non-hydrogen) atoms. The van der Waals surface area contributed by atoms with Crippen LogP contribution in [0.4, 0.5) is 0 Å². The number of nitrogens with zero attached hydrogens (tertiary/aromatic N) is 2. The molecule has 3 aromatic rings. The zero-order valence-corrected chi connectivity index (χ0v) is 10.2. The van der Waals surface area contributed by atoms with Crippen LogP contribution in [0.5, 0.6) is 0 Å². The zero-order valence-electron chi connectivity index (χ0n) is 9.43. The first-order valence-corrected chi connectivity index (χ1v) is 5.90. The lowest BCUT2D eigenvalue weighted by Gasteiger charge is -2.03. The quantitative estimate of drug-likeness (QED) is 0.719. The highest BCUT2D eigenvalue weighted by Crippen LogP contribution is 2.17. The molecule has 0 fully saturated rings. The van der Waals surface area contributed by atoms with E-state index >= 15 is 0 Å². The van der Waals surface area contributed by atoms with Crippen LogP contribution in [0.1, 0.15) is 5.56 Å². The van der Waals surface area contributed by atoms with Crippen molar-refractivity contribution < 1.29 is 0 Å². The normalized spacial score (nSPS) is 10.9. The maximum atomic E-state index is 11.9. The molecule has 0 spiro atoms. The second-order valence-corrected chi connectivity index (χ2v) is 4.36. The smallest absolute Gasteiger partial charge is 0.303 e. The Bertz CT molecular complexity index is 746. The predicted molar refractivity (Wildman–Crippen MR) is 70.9 cm³/mol. The molecule has 0 aliphatic rings. The van der Waals surface area contributed by atoms with E-state index < -0.39 is 0 Å². The van der Waals surface area contributed by atoms with Gasteiger partial charge in [0.1, 0.15) is 5.52 Å². The van der Waals surface area contributed by atoms with Gasteiger partial charge in [0, 0.05) is 6.20 Å². The van der Waals surface area contributed by atoms with E-state index in [1.165, 1.54) is 0 Å². The second-order valence-electron chi connectivity index (χ2n) is 4.00. The summed E-state index contributed by atoms with van der Waals surface area (Å²) in [4.78, 5) is 18.6. The van der Waals surface area contributed by atoms with Gasteiger partial charge < -0.3 is 4.98 Å². The van der Waals surface area contributed by atoms with Gasteiger partial charge in [-0.3, -0.25) is 4.57 Å². The largest absolute Gasteiger partial charge is 0.326 e. The molecule has 0 bridgehead atoms. The van der Waals surface area contributed by atoms with Crippen LogP contribution in [0.15, 0.2) is 47.4 Å². The van der Waals surface area contributed by atoms with Gasteiger partial charge in [-0.05, 0) is 11.6 Å². The van der Waals surface area contributed by atoms with Crippen LogP contribution in [0.3, 0.4) is 0 Å². The first kappa shape index (κ1) is 11.0. The molecule has 0 radical (unpaired) electrons. The van der Waals surface area contributed by atoms with Crippen molar-refractivity contribution in [3.63, 3.8) is 0 Å². The van der Waals surface area contributed by atoms with Crippen molar-refractivity contribution in [1.29, 1.82) is 0 Å². The summed E-state index contributed by atoms with van der Waals surface area (Å²) < 4.78 is 1.65. The van der Waals surface area contributed by atoms with Crippen LogP contribution in [0, 0.1) is 0 Å². The van der Waals surface area contributed by atoms with Crippen LogP contribution in [0.25, 0.3) is 11.0 Å². The van der Waals surface area contributed by atoms with Gasteiger partial charge in [0.2, 0.25) is 0 Å². The van der Waals surface area contributed by atoms with Gasteiger partial charge in [0.05, 0.1) is 12.1 Å². The topological polar surface area (TPSA) is 50.7 Å². The predicted octanol–water partition coefficient (Wildman–Crippen LogP) is 2.43. The van der Waals surface area contributed by atoms with Crippen molar-refractivity contribution in [2.24, 2.45) is 0 Å². The summed E-state index contributed by atoms with van der Waals surface area (Å²) in [7, 11) is 0. The Hall–Kier alpha value is -2.07. The Morgan fingerprint density at radius 2 is 2.00 bits per heavy atom. The van der Waals surface area contributed by atoms with Crippen LogP contribution < -0.4 is 5.69 Å². The Morgan fingerprint density at radius 1 is 1.22 bits per heavy atom. The van der Waals surface area contributed by atoms with Crippen molar-refractivity contribution >= 4 is 22.6 Å². The van der Waals surface area contributed by atoms with Gasteiger partial charge in [0.15, 0.2) is 5.15 Å². The molecule has 0 aliphatic carbocycles. The summed E-state index contributed by atoms with van der Waals surface area (Å²) in [5.41, 5.74) is 2.24. The molecule has 4 nitrogen and oxygen atoms in total. The Balaban J connectivity index is 2.15. The zero-order chi connectivity index (χ0) is 12.5. The van der Waals surface area contributed by atoms with E-state index in [4.69, 9.17) is 11.6 Å². The van der Waals surface area contributed by atoms with Crippen molar-refractivity contribution in [1.82, 2.24) is 14.5 Å². The minimum absolute atomic E-state index is 0.177. The lowest BCUT2D eigenvalue weighted by atomic mass is 10.2. The maximum absolute atomic E-state index is 11.9. The number of fused-ring (bicyclic) bond motifs is 1. The molecule has 90 valence electrons. The van der Waals surface area contributed by atoms with Crippen molar-refractivity contribution in [2.75, 3.05) is 0 Å². The molecule has 2 heterocycles. The number of nitrogens with one attached hydrogen (secondary N) is 1. The number of pyridine rings is 1. The third-order valence-corrected chi connectivity index (χ3v) is 3.12. The third-order valence-electron chi connectivity index (χ3n) is 2.83. The average Bonchev–Trinajstić information content (AvgIpc) is 2.70. The lowest BCUT2D eigenvalue weighted by molar-refractivity contribution is 0.787. The number of imidazole rings is 1. The summed E-state index contributed by atoms with van der Waals surface area (Å²) in [6, 6.07) is 11.6. The van der Waals surface area contributed by atoms with Gasteiger partial charge in [-0.25, -0.2) is 9.78 Å². The summed E-state index contributed by atoms with van der Waals surface area (Å²) in [6.45, 7) is 0.514. The van der Waals surface area contributed by atoms with Crippen LogP contribution in [-0.2, 0) is 6.54 Å². The SMILES string of the molecule is O=c1[nH]c2c(Cl)nccc2n1Cc1ccccc1. The maximum Gasteiger partial charge on any atom is 0.326 e. The molecule has 0 aliphatic heterocycles. The summed E-state index contributed by atoms with van der Waals surface area (Å²) >= 11 is 5.95. The van der Waals surface area contributed by atoms with Gasteiger partial charge in [-0.2, -0.15) is 0 Å². The summed E-state index contributed by atoms with van der Waals surface area (Å²) in [5, 5.41) is 0.316. The number of aromatic amines is 1. The molecule has 0 saturated heterocycles. The molecule has 3 rings (SSSR count). The number of aromatic nitrogens is 3. The van der Waals surface area contributed by atoms with Crippen molar-refractivity contribution in [3.05, 3.63) is 63.8 Å². The average molecular weight is 260 g/mol. The highest BCUT2D eigenvalue weighted by molar-refractivity contribution is 6.33. The van der Waals surface area contributed by atoms with Crippen LogP contribution >= 0.6 is 11.6 Å². The minimum Gasteiger partial charge on any atom is -0.303 e. The van der Waals surface area contributed by atoms with E-state index in [-0.39, 0.29) is 5.69 Å². The van der Waals surface area contributed by atoms with E-state index in [0.717, 1.165) is 11.1 Å². The first-order valence-electron chi connectivity index (χ1n) is 5.52. The molecular formula is C13H10ClN3O. The highest BCUT2D eigenvalue weighted by atomic mass is 35.5. The highest BCUT2D eigenvalue weighted by Gasteiger charge is 2.09. The second kappa shape index (κ2) is 4.31. The molecular weight excluding hydrogens is 250 g/mol. The monoisotopic (exact) mass is 259 g/mol. The van der Waals surface area contributed by atoms with Gasteiger partial charge in [-0.1, -0.05) is 41.9 Å². The van der Waals surface area contributed by atoms with Crippen LogP contribution in [0.2, 0.25) is 5.15 Å². The standard InChI is InChI=1S/C13H10ClN3O/c14-12-11-10(6-7-15-12)17(13(18)16-11)8-9-4-2-1-3-5-9/h1-7H,8H2,(H,16,18). The van der Waals surface area contributed by atoms with E-state index in [1.807, 2.05) is 30.3 Å². The molecule has 0 unspecified atom stereocenters. The number of hydrogen-bond donors (Lipinski definition) is 1. The Labute approximate surface area is 108 Å². The molecule has 1 N–H and O–H groups in total. The minimum atomic E-state index is -0.177. The van der Waals surface area contributed by atoms with Crippen molar-refractivity contribution in [3.8, 4) is 0 Å². The summed E-state index contributed by atoms with van der Waals surface area (Å²) in [5.74, 6) is 0. The third kappa shape index (κ3) is 1.80. The van der Waals surface area contributed by atoms with Gasteiger partial charge in [-0.15, -0.1) is 0 Å². The van der Waals surface area contributed by atoms with Gasteiger partial charge >= 0.3 is 5.69 Å². The van der Waals surface area contributed by atoms with E-state index in [9.17, 15) is 4.79 Å². The fraction of sp³-hybridized carbons (Fsp3) is 0.0769. The first-order chi connectivity index (χ1) is 8.75. The molecule has 0 amide bonds. The van der Waals surface area contributed by atoms with Crippen LogP contribution in [-0.4, -0.2) is 14.5 Å². The van der Waals surface area contributed by atoms with E-state index in [2.05, 4.69) is 9.97 Å². The molecule has 0 atom stereocenters. The lowest BCUT2D eigenvalue weighted by Crippen LogP contribution is -2.17. The molecule has 2 aromatic heterocycles. The molecule has 0 saturated carbocycles. The molecule has 5 heteroatoms. The number of rotatable bonds is 2. The number of hydrogen-bond acceptors (Lipinski definition) is 2. The van der Waals surface area contributed by atoms with E-state index in [0.29, 0.717) is 17.2 Å². The number of H-pyrrole nitrogens is 1. The molecule has 1 aromatic carbocycles. The van der Waals surface area contributed by atoms with Gasteiger partial charge in [0.25, 0.3) is 0 Å². The fourth-order valence-corrected chi connectivity index (χ4v) is 2.17. The van der Waals surface area contributed by atoms with Crippen molar-refractivity contribution in [2.45, 2.75) is 6.54 Å². The van der Waals surface area contributed by atoms with E-state index in [1.54, 1.807) is 16.8 Å².